The lowest BCUT2D eigenvalue weighted by molar-refractivity contribution is 0.139. The molecule has 0 aromatic carbocycles. The SMILES string of the molecule is CCNC(=NCc1cc(C(C)C)no1)NCCCCN1CC(C)CC(C)C1.I. The molecule has 28 heavy (non-hydrogen) atoms. The van der Waals surface area contributed by atoms with Gasteiger partial charge in [-0.2, -0.15) is 0 Å². The van der Waals surface area contributed by atoms with Crippen molar-refractivity contribution in [2.45, 2.75) is 66.3 Å². The van der Waals surface area contributed by atoms with Gasteiger partial charge in [0.25, 0.3) is 0 Å². The van der Waals surface area contributed by atoms with Crippen LogP contribution in [0.2, 0.25) is 0 Å². The van der Waals surface area contributed by atoms with Crippen LogP contribution in [0.3, 0.4) is 0 Å². The van der Waals surface area contributed by atoms with Crippen LogP contribution in [0.15, 0.2) is 15.6 Å². The normalized spacial score (nSPS) is 20.9. The molecule has 0 amide bonds. The van der Waals surface area contributed by atoms with E-state index >= 15 is 0 Å². The van der Waals surface area contributed by atoms with Crippen molar-refractivity contribution in [1.29, 1.82) is 0 Å². The molecule has 0 spiro atoms. The molecule has 0 aliphatic carbocycles. The maximum absolute atomic E-state index is 5.36. The molecule has 2 unspecified atom stereocenters. The van der Waals surface area contributed by atoms with Crippen LogP contribution in [0.25, 0.3) is 0 Å². The van der Waals surface area contributed by atoms with Crippen molar-refractivity contribution >= 4 is 29.9 Å². The lowest BCUT2D eigenvalue weighted by atomic mass is 9.92. The number of rotatable bonds is 9. The molecule has 2 heterocycles. The average molecular weight is 505 g/mol. The second kappa shape index (κ2) is 13.4. The molecule has 2 atom stereocenters. The van der Waals surface area contributed by atoms with E-state index in [9.17, 15) is 0 Å². The van der Waals surface area contributed by atoms with Crippen LogP contribution in [0, 0.1) is 11.8 Å². The fourth-order valence-corrected chi connectivity index (χ4v) is 3.82. The van der Waals surface area contributed by atoms with Crippen molar-refractivity contribution in [3.8, 4) is 0 Å². The number of hydrogen-bond acceptors (Lipinski definition) is 4. The summed E-state index contributed by atoms with van der Waals surface area (Å²) in [5.41, 5.74) is 0.986. The van der Waals surface area contributed by atoms with Crippen LogP contribution in [-0.2, 0) is 6.54 Å². The minimum atomic E-state index is 0. The van der Waals surface area contributed by atoms with Gasteiger partial charge in [-0.15, -0.1) is 24.0 Å². The van der Waals surface area contributed by atoms with E-state index in [0.717, 1.165) is 48.8 Å². The Morgan fingerprint density at radius 2 is 1.96 bits per heavy atom. The number of hydrogen-bond donors (Lipinski definition) is 2. The molecule has 1 aromatic heterocycles. The predicted molar refractivity (Wildman–Crippen MR) is 127 cm³/mol. The van der Waals surface area contributed by atoms with Gasteiger partial charge in [0, 0.05) is 32.2 Å². The maximum Gasteiger partial charge on any atom is 0.191 e. The van der Waals surface area contributed by atoms with Gasteiger partial charge in [-0.05, 0) is 50.5 Å². The van der Waals surface area contributed by atoms with Crippen molar-refractivity contribution in [2.75, 3.05) is 32.7 Å². The Kier molecular flexibility index (Phi) is 12.1. The Hall–Kier alpha value is -0.830. The number of halogens is 1. The topological polar surface area (TPSA) is 65.7 Å². The zero-order chi connectivity index (χ0) is 19.6. The molecule has 1 aliphatic heterocycles. The molecule has 0 saturated carbocycles. The fourth-order valence-electron chi connectivity index (χ4n) is 3.82. The number of piperidine rings is 1. The van der Waals surface area contributed by atoms with E-state index in [-0.39, 0.29) is 24.0 Å². The van der Waals surface area contributed by atoms with Gasteiger partial charge in [0.05, 0.1) is 5.69 Å². The summed E-state index contributed by atoms with van der Waals surface area (Å²) < 4.78 is 5.36. The van der Waals surface area contributed by atoms with Gasteiger partial charge < -0.3 is 20.1 Å². The van der Waals surface area contributed by atoms with Crippen LogP contribution < -0.4 is 10.6 Å². The van der Waals surface area contributed by atoms with E-state index in [0.29, 0.717) is 12.5 Å². The van der Waals surface area contributed by atoms with Gasteiger partial charge in [0.2, 0.25) is 0 Å². The molecule has 0 bridgehead atoms. The highest BCUT2D eigenvalue weighted by molar-refractivity contribution is 14.0. The van der Waals surface area contributed by atoms with E-state index in [4.69, 9.17) is 4.52 Å². The Balaban J connectivity index is 0.00000392. The van der Waals surface area contributed by atoms with Gasteiger partial charge in [0.1, 0.15) is 6.54 Å². The lowest BCUT2D eigenvalue weighted by Crippen LogP contribution is -2.40. The van der Waals surface area contributed by atoms with E-state index in [1.165, 1.54) is 32.5 Å². The van der Waals surface area contributed by atoms with Crippen LogP contribution in [0.1, 0.15) is 71.3 Å². The molecule has 6 nitrogen and oxygen atoms in total. The standard InChI is InChI=1S/C21H39N5O.HI/c1-6-22-21(24-13-19-12-20(16(2)3)25-27-19)23-9-7-8-10-26-14-17(4)11-18(5)15-26;/h12,16-18H,6-11,13-15H2,1-5H3,(H2,22,23,24);1H. The van der Waals surface area contributed by atoms with Gasteiger partial charge in [-0.1, -0.05) is 32.9 Å². The van der Waals surface area contributed by atoms with E-state index in [1.807, 2.05) is 6.07 Å². The molecule has 1 fully saturated rings. The first-order chi connectivity index (χ1) is 13.0. The Morgan fingerprint density at radius 1 is 1.25 bits per heavy atom. The number of aliphatic imine (C=N–C) groups is 1. The minimum Gasteiger partial charge on any atom is -0.359 e. The van der Waals surface area contributed by atoms with Crippen LogP contribution in [0.4, 0.5) is 0 Å². The molecule has 1 aliphatic rings. The summed E-state index contributed by atoms with van der Waals surface area (Å²) in [5, 5.41) is 10.8. The zero-order valence-corrected chi connectivity index (χ0v) is 20.7. The van der Waals surface area contributed by atoms with E-state index in [1.54, 1.807) is 0 Å². The maximum atomic E-state index is 5.36. The summed E-state index contributed by atoms with van der Waals surface area (Å²) in [7, 11) is 0. The average Bonchev–Trinajstić information content (AvgIpc) is 3.08. The third kappa shape index (κ3) is 9.11. The van der Waals surface area contributed by atoms with Crippen molar-refractivity contribution in [1.82, 2.24) is 20.7 Å². The van der Waals surface area contributed by atoms with Gasteiger partial charge >= 0.3 is 0 Å². The molecule has 1 saturated heterocycles. The molecule has 2 rings (SSSR count). The van der Waals surface area contributed by atoms with Crippen LogP contribution >= 0.6 is 24.0 Å². The molecule has 0 radical (unpaired) electrons. The Labute approximate surface area is 188 Å². The monoisotopic (exact) mass is 505 g/mol. The molecule has 162 valence electrons. The second-order valence-corrected chi connectivity index (χ2v) is 8.41. The van der Waals surface area contributed by atoms with Crippen molar-refractivity contribution in [3.63, 3.8) is 0 Å². The van der Waals surface area contributed by atoms with Gasteiger partial charge in [-0.25, -0.2) is 4.99 Å². The third-order valence-corrected chi connectivity index (χ3v) is 5.04. The van der Waals surface area contributed by atoms with Gasteiger partial charge in [0.15, 0.2) is 11.7 Å². The quantitative estimate of drug-likeness (QED) is 0.228. The Bertz CT molecular complexity index is 565. The number of likely N-dealkylation sites (tertiary alicyclic amines) is 1. The van der Waals surface area contributed by atoms with Crippen LogP contribution in [0.5, 0.6) is 0 Å². The summed E-state index contributed by atoms with van der Waals surface area (Å²) in [4.78, 5) is 7.25. The number of nitrogens with zero attached hydrogens (tertiary/aromatic N) is 3. The van der Waals surface area contributed by atoms with Gasteiger partial charge in [-0.3, -0.25) is 0 Å². The minimum absolute atomic E-state index is 0. The summed E-state index contributed by atoms with van der Waals surface area (Å²) in [6.45, 7) is 17.1. The number of guanidine groups is 1. The van der Waals surface area contributed by atoms with Crippen LogP contribution in [-0.4, -0.2) is 48.7 Å². The summed E-state index contributed by atoms with van der Waals surface area (Å²) in [6, 6.07) is 2.00. The second-order valence-electron chi connectivity index (χ2n) is 8.41. The number of unbranched alkanes of at least 4 members (excludes halogenated alkanes) is 1. The molecular formula is C21H40IN5O. The summed E-state index contributed by atoms with van der Waals surface area (Å²) in [5.74, 6) is 3.71. The predicted octanol–water partition coefficient (Wildman–Crippen LogP) is 4.23. The molecule has 7 heteroatoms. The highest BCUT2D eigenvalue weighted by Gasteiger charge is 2.20. The Morgan fingerprint density at radius 3 is 2.57 bits per heavy atom. The highest BCUT2D eigenvalue weighted by atomic mass is 127. The molecule has 1 aromatic rings. The molecular weight excluding hydrogens is 465 g/mol. The first kappa shape index (κ1) is 25.2. The largest absolute Gasteiger partial charge is 0.359 e. The third-order valence-electron chi connectivity index (χ3n) is 5.04. The van der Waals surface area contributed by atoms with Crippen molar-refractivity contribution in [2.24, 2.45) is 16.8 Å². The van der Waals surface area contributed by atoms with E-state index in [2.05, 4.69) is 60.3 Å². The lowest BCUT2D eigenvalue weighted by Gasteiger charge is -2.34. The number of aromatic nitrogens is 1. The van der Waals surface area contributed by atoms with Crippen molar-refractivity contribution in [3.05, 3.63) is 17.5 Å². The highest BCUT2D eigenvalue weighted by Crippen LogP contribution is 2.21. The zero-order valence-electron chi connectivity index (χ0n) is 18.3. The number of nitrogens with one attached hydrogen (secondary N) is 2. The first-order valence-corrected chi connectivity index (χ1v) is 10.7. The fraction of sp³-hybridized carbons (Fsp3) is 0.810. The van der Waals surface area contributed by atoms with E-state index < -0.39 is 0 Å². The summed E-state index contributed by atoms with van der Waals surface area (Å²) >= 11 is 0. The molecule has 2 N–H and O–H groups in total. The first-order valence-electron chi connectivity index (χ1n) is 10.7. The summed E-state index contributed by atoms with van der Waals surface area (Å²) in [6.07, 6.45) is 3.76. The van der Waals surface area contributed by atoms with Crippen molar-refractivity contribution < 1.29 is 4.52 Å². The smallest absolute Gasteiger partial charge is 0.191 e.